The molecule has 1 aromatic carbocycles. The molecule has 0 aliphatic carbocycles. The first-order valence-corrected chi connectivity index (χ1v) is 7.98. The van der Waals surface area contributed by atoms with Gasteiger partial charge in [-0.15, -0.1) is 11.3 Å². The summed E-state index contributed by atoms with van der Waals surface area (Å²) in [6, 6.07) is 9.34. The number of anilines is 2. The first-order chi connectivity index (χ1) is 10.6. The number of aryl methyl sites for hydroxylation is 1. The Hall–Kier alpha value is -2.34. The molecule has 0 fully saturated rings. The van der Waals surface area contributed by atoms with E-state index in [1.807, 2.05) is 35.7 Å². The maximum Gasteiger partial charge on any atom is 0.319 e. The van der Waals surface area contributed by atoms with E-state index in [-0.39, 0.29) is 11.9 Å². The van der Waals surface area contributed by atoms with Crippen molar-refractivity contribution in [2.75, 3.05) is 17.3 Å². The Bertz CT molecular complexity index is 697. The summed E-state index contributed by atoms with van der Waals surface area (Å²) in [5, 5.41) is 7.64. The number of nitrogens with one attached hydrogen (secondary N) is 2. The number of urea groups is 1. The van der Waals surface area contributed by atoms with Gasteiger partial charge in [0.15, 0.2) is 0 Å². The minimum Gasteiger partial charge on any atom is -0.333 e. The van der Waals surface area contributed by atoms with Crippen LogP contribution in [0.15, 0.2) is 35.7 Å². The molecule has 2 aromatic rings. The lowest BCUT2D eigenvalue weighted by molar-refractivity contribution is -0.118. The molecule has 0 bridgehead atoms. The van der Waals surface area contributed by atoms with Gasteiger partial charge in [-0.3, -0.25) is 4.79 Å². The SMILES string of the molecule is CN1C(=O)CCc2cc(NC(=O)NCc3cccs3)ccc21. The van der Waals surface area contributed by atoms with Gasteiger partial charge in [-0.1, -0.05) is 6.07 Å². The zero-order chi connectivity index (χ0) is 15.5. The van der Waals surface area contributed by atoms with Crippen LogP contribution in [0.2, 0.25) is 0 Å². The first kappa shape index (κ1) is 14.6. The normalized spacial score (nSPS) is 13.7. The van der Waals surface area contributed by atoms with Gasteiger partial charge in [0.1, 0.15) is 0 Å². The molecule has 0 saturated heterocycles. The summed E-state index contributed by atoms with van der Waals surface area (Å²) in [4.78, 5) is 26.4. The van der Waals surface area contributed by atoms with Gasteiger partial charge < -0.3 is 15.5 Å². The third kappa shape index (κ3) is 3.12. The molecule has 2 heterocycles. The van der Waals surface area contributed by atoms with Gasteiger partial charge >= 0.3 is 6.03 Å². The van der Waals surface area contributed by atoms with Crippen molar-refractivity contribution in [3.05, 3.63) is 46.2 Å². The first-order valence-electron chi connectivity index (χ1n) is 7.10. The summed E-state index contributed by atoms with van der Waals surface area (Å²) in [7, 11) is 1.78. The molecule has 3 amide bonds. The lowest BCUT2D eigenvalue weighted by Gasteiger charge is -2.26. The van der Waals surface area contributed by atoms with Crippen LogP contribution in [0.4, 0.5) is 16.2 Å². The van der Waals surface area contributed by atoms with E-state index in [0.29, 0.717) is 19.4 Å². The molecule has 0 spiro atoms. The van der Waals surface area contributed by atoms with E-state index >= 15 is 0 Å². The molecular formula is C16H17N3O2S. The van der Waals surface area contributed by atoms with E-state index in [1.165, 1.54) is 0 Å². The Kier molecular flexibility index (Phi) is 4.11. The number of rotatable bonds is 3. The van der Waals surface area contributed by atoms with Crippen molar-refractivity contribution in [2.24, 2.45) is 0 Å². The second kappa shape index (κ2) is 6.19. The van der Waals surface area contributed by atoms with Crippen LogP contribution in [-0.2, 0) is 17.8 Å². The highest BCUT2D eigenvalue weighted by Gasteiger charge is 2.20. The molecule has 5 nitrogen and oxygen atoms in total. The lowest BCUT2D eigenvalue weighted by Crippen LogP contribution is -2.31. The Morgan fingerprint density at radius 3 is 2.95 bits per heavy atom. The maximum absolute atomic E-state index is 11.9. The van der Waals surface area contributed by atoms with Gasteiger partial charge in [0.25, 0.3) is 0 Å². The predicted molar refractivity (Wildman–Crippen MR) is 88.4 cm³/mol. The average Bonchev–Trinajstić information content (AvgIpc) is 3.02. The second-order valence-corrected chi connectivity index (χ2v) is 6.22. The number of thiophene rings is 1. The fourth-order valence-electron chi connectivity index (χ4n) is 2.49. The van der Waals surface area contributed by atoms with Crippen molar-refractivity contribution >= 4 is 34.6 Å². The van der Waals surface area contributed by atoms with Crippen LogP contribution in [0.25, 0.3) is 0 Å². The van der Waals surface area contributed by atoms with E-state index in [2.05, 4.69) is 10.6 Å². The second-order valence-electron chi connectivity index (χ2n) is 5.18. The molecule has 114 valence electrons. The summed E-state index contributed by atoms with van der Waals surface area (Å²) < 4.78 is 0. The quantitative estimate of drug-likeness (QED) is 0.914. The highest BCUT2D eigenvalue weighted by molar-refractivity contribution is 7.09. The largest absolute Gasteiger partial charge is 0.333 e. The molecule has 0 radical (unpaired) electrons. The Labute approximate surface area is 132 Å². The van der Waals surface area contributed by atoms with Crippen LogP contribution < -0.4 is 15.5 Å². The zero-order valence-corrected chi connectivity index (χ0v) is 13.1. The molecular weight excluding hydrogens is 298 g/mol. The molecule has 0 unspecified atom stereocenters. The van der Waals surface area contributed by atoms with Crippen molar-refractivity contribution in [1.29, 1.82) is 0 Å². The average molecular weight is 315 g/mol. The minimum atomic E-state index is -0.228. The van der Waals surface area contributed by atoms with E-state index in [9.17, 15) is 9.59 Å². The molecule has 3 rings (SSSR count). The Balaban J connectivity index is 1.63. The van der Waals surface area contributed by atoms with Crippen LogP contribution in [-0.4, -0.2) is 19.0 Å². The number of nitrogens with zero attached hydrogens (tertiary/aromatic N) is 1. The fraction of sp³-hybridized carbons (Fsp3) is 0.250. The van der Waals surface area contributed by atoms with Crippen molar-refractivity contribution in [2.45, 2.75) is 19.4 Å². The van der Waals surface area contributed by atoms with Gasteiger partial charge in [0, 0.05) is 29.7 Å². The van der Waals surface area contributed by atoms with Crippen LogP contribution >= 0.6 is 11.3 Å². The number of amides is 3. The maximum atomic E-state index is 11.9. The van der Waals surface area contributed by atoms with E-state index < -0.39 is 0 Å². The fourth-order valence-corrected chi connectivity index (χ4v) is 3.13. The molecule has 2 N–H and O–H groups in total. The molecule has 0 saturated carbocycles. The van der Waals surface area contributed by atoms with Crippen LogP contribution in [0.3, 0.4) is 0 Å². The van der Waals surface area contributed by atoms with Crippen LogP contribution in [0, 0.1) is 0 Å². The summed E-state index contributed by atoms with van der Waals surface area (Å²) in [5.41, 5.74) is 2.74. The third-order valence-electron chi connectivity index (χ3n) is 3.68. The number of carbonyl (C=O) groups is 2. The standard InChI is InChI=1S/C16H17N3O2S/c1-19-14-6-5-12(9-11(14)4-7-15(19)20)18-16(21)17-10-13-3-2-8-22-13/h2-3,5-6,8-9H,4,7,10H2,1H3,(H2,17,18,21). The molecule has 22 heavy (non-hydrogen) atoms. The predicted octanol–water partition coefficient (Wildman–Crippen LogP) is 2.98. The van der Waals surface area contributed by atoms with Gasteiger partial charge in [0.05, 0.1) is 6.54 Å². The smallest absolute Gasteiger partial charge is 0.319 e. The molecule has 0 atom stereocenters. The summed E-state index contributed by atoms with van der Waals surface area (Å²) >= 11 is 1.61. The number of benzene rings is 1. The van der Waals surface area contributed by atoms with Crippen molar-refractivity contribution in [3.8, 4) is 0 Å². The molecule has 1 aliphatic rings. The Morgan fingerprint density at radius 2 is 2.18 bits per heavy atom. The molecule has 1 aliphatic heterocycles. The zero-order valence-electron chi connectivity index (χ0n) is 12.3. The van der Waals surface area contributed by atoms with Crippen molar-refractivity contribution in [1.82, 2.24) is 5.32 Å². The lowest BCUT2D eigenvalue weighted by atomic mass is 10.0. The highest BCUT2D eigenvalue weighted by Crippen LogP contribution is 2.29. The van der Waals surface area contributed by atoms with E-state index in [1.54, 1.807) is 23.3 Å². The molecule has 1 aromatic heterocycles. The van der Waals surface area contributed by atoms with E-state index in [0.717, 1.165) is 21.8 Å². The van der Waals surface area contributed by atoms with E-state index in [4.69, 9.17) is 0 Å². The van der Waals surface area contributed by atoms with Gasteiger partial charge in [0.2, 0.25) is 5.91 Å². The topological polar surface area (TPSA) is 61.4 Å². The van der Waals surface area contributed by atoms with Crippen LogP contribution in [0.5, 0.6) is 0 Å². The van der Waals surface area contributed by atoms with Crippen molar-refractivity contribution < 1.29 is 9.59 Å². The van der Waals surface area contributed by atoms with Crippen LogP contribution in [0.1, 0.15) is 16.9 Å². The molecule has 6 heteroatoms. The number of carbonyl (C=O) groups excluding carboxylic acids is 2. The number of hydrogen-bond acceptors (Lipinski definition) is 3. The monoisotopic (exact) mass is 315 g/mol. The summed E-state index contributed by atoms with van der Waals surface area (Å²) in [6.45, 7) is 0.520. The number of hydrogen-bond donors (Lipinski definition) is 2. The highest BCUT2D eigenvalue weighted by atomic mass is 32.1. The summed E-state index contributed by atoms with van der Waals surface area (Å²) in [6.07, 6.45) is 1.22. The minimum absolute atomic E-state index is 0.127. The number of fused-ring (bicyclic) bond motifs is 1. The van der Waals surface area contributed by atoms with Gasteiger partial charge in [-0.2, -0.15) is 0 Å². The third-order valence-corrected chi connectivity index (χ3v) is 4.56. The summed E-state index contributed by atoms with van der Waals surface area (Å²) in [5.74, 6) is 0.127. The van der Waals surface area contributed by atoms with Gasteiger partial charge in [-0.25, -0.2) is 4.79 Å². The van der Waals surface area contributed by atoms with Gasteiger partial charge in [-0.05, 0) is 41.6 Å². The Morgan fingerprint density at radius 1 is 1.32 bits per heavy atom. The van der Waals surface area contributed by atoms with Crippen molar-refractivity contribution in [3.63, 3.8) is 0 Å².